The first-order chi connectivity index (χ1) is 54.3. The number of fused-ring (bicyclic) bond motifs is 4. The molecule has 0 saturated heterocycles. The van der Waals surface area contributed by atoms with Crippen LogP contribution in [0.2, 0.25) is 0 Å². The third-order valence-electron chi connectivity index (χ3n) is 19.9. The first-order valence-corrected chi connectivity index (χ1v) is 35.6. The van der Waals surface area contributed by atoms with Crippen LogP contribution in [0.3, 0.4) is 0 Å². The second-order valence-corrected chi connectivity index (χ2v) is 27.1. The highest BCUT2D eigenvalue weighted by Gasteiger charge is 2.48. The van der Waals surface area contributed by atoms with Crippen molar-refractivity contribution in [3.63, 3.8) is 0 Å². The van der Waals surface area contributed by atoms with Gasteiger partial charge in [-0.05, 0) is 171 Å². The van der Waals surface area contributed by atoms with E-state index in [-0.39, 0.29) is 122 Å². The number of amides is 6. The molecule has 20 heteroatoms. The van der Waals surface area contributed by atoms with E-state index in [0.29, 0.717) is 56.2 Å². The zero-order chi connectivity index (χ0) is 77.3. The molecule has 2 aliphatic rings. The van der Waals surface area contributed by atoms with Gasteiger partial charge in [-0.25, -0.2) is 9.59 Å². The fraction of sp³-hybridized carbons (Fsp3) is 0.0652. The van der Waals surface area contributed by atoms with Gasteiger partial charge in [0.15, 0.2) is 0 Å². The van der Waals surface area contributed by atoms with E-state index in [2.05, 4.69) is 23.1 Å². The van der Waals surface area contributed by atoms with Crippen molar-refractivity contribution in [2.75, 3.05) is 23.9 Å². The molecule has 2 unspecified atom stereocenters. The normalized spacial score (nSPS) is 13.0. The number of imide groups is 2. The van der Waals surface area contributed by atoms with Crippen LogP contribution in [0.1, 0.15) is 78.5 Å². The number of rotatable bonds is 20. The van der Waals surface area contributed by atoms with Gasteiger partial charge in [-0.3, -0.25) is 48.5 Å². The lowest BCUT2D eigenvalue weighted by Gasteiger charge is -2.37. The molecular formula is C92H62N6O14. The summed E-state index contributed by atoms with van der Waals surface area (Å²) in [4.78, 5) is 138. The van der Waals surface area contributed by atoms with E-state index in [0.717, 1.165) is 9.80 Å². The number of carbonyl (C=O) groups is 8. The second kappa shape index (κ2) is 28.2. The van der Waals surface area contributed by atoms with E-state index in [1.54, 1.807) is 207 Å². The van der Waals surface area contributed by atoms with Crippen LogP contribution in [-0.2, 0) is 19.2 Å². The van der Waals surface area contributed by atoms with Crippen molar-refractivity contribution < 1.29 is 66.8 Å². The summed E-state index contributed by atoms with van der Waals surface area (Å²) in [5, 5.41) is 2.89. The number of para-hydroxylation sites is 4. The number of hydrogen-bond acceptors (Lipinski definition) is 16. The molecule has 0 fully saturated rings. The zero-order valence-electron chi connectivity index (χ0n) is 60.4. The summed E-state index contributed by atoms with van der Waals surface area (Å²) in [6, 6.07) is 67.5. The summed E-state index contributed by atoms with van der Waals surface area (Å²) in [7, 11) is 3.01. The fourth-order valence-electron chi connectivity index (χ4n) is 14.6. The number of esters is 2. The maximum Gasteiger partial charge on any atom is 0.338 e. The number of hydrogen-bond donors (Lipinski definition) is 0. The van der Waals surface area contributed by atoms with Crippen molar-refractivity contribution >= 4 is 124 Å². The molecule has 4 heterocycles. The van der Waals surface area contributed by atoms with Gasteiger partial charge >= 0.3 is 11.9 Å². The third-order valence-corrected chi connectivity index (χ3v) is 19.9. The summed E-state index contributed by atoms with van der Waals surface area (Å²) in [6.07, 6.45) is 3.19. The van der Waals surface area contributed by atoms with Gasteiger partial charge in [0.1, 0.15) is 69.6 Å². The predicted octanol–water partition coefficient (Wildman–Crippen LogP) is 19.0. The van der Waals surface area contributed by atoms with Crippen LogP contribution in [0.25, 0.3) is 64.9 Å². The Balaban J connectivity index is 0.950. The van der Waals surface area contributed by atoms with Crippen molar-refractivity contribution in [1.29, 1.82) is 0 Å². The Hall–Kier alpha value is -15.2. The Morgan fingerprint density at radius 3 is 0.920 bits per heavy atom. The molecular weight excluding hydrogens is 1410 g/mol. The maximum absolute atomic E-state index is 16.8. The van der Waals surface area contributed by atoms with Gasteiger partial charge in [0.05, 0.1) is 33.3 Å². The minimum atomic E-state index is -1.72. The summed E-state index contributed by atoms with van der Waals surface area (Å²) < 4.78 is 39.8. The van der Waals surface area contributed by atoms with Crippen LogP contribution in [0.15, 0.2) is 291 Å². The molecule has 0 radical (unpaired) electrons. The lowest BCUT2D eigenvalue weighted by atomic mass is 9.80. The smallest absolute Gasteiger partial charge is 0.338 e. The Labute approximate surface area is 639 Å². The molecule has 15 aromatic rings. The lowest BCUT2D eigenvalue weighted by Crippen LogP contribution is -2.49. The molecule has 17 rings (SSSR count). The molecule has 13 aromatic carbocycles. The first-order valence-electron chi connectivity index (χ1n) is 35.6. The number of aromatic nitrogens is 2. The first kappa shape index (κ1) is 69.8. The SMILES string of the molecule is C=C(C)C(=O)Oc1ccc(N(C)C(=O)C(c2ccc3cccnc3c2)N2C(=O)c3cc(Oc4ccccc4)c4c5c(Oc6ccccc6)cc6c7c(cc(Oc8ccccc8)c(c8c(Oc9ccccc9)cc(c3c48)C2=O)c75)C(=O)N(C(C(=O)N(C)c2ccc(OC(=O)C(=C)C)cc2)c2ccc3cccnc3c2)C6=O)cc1. The van der Waals surface area contributed by atoms with Crippen LogP contribution in [-0.4, -0.2) is 81.2 Å². The maximum atomic E-state index is 16.8. The van der Waals surface area contributed by atoms with Gasteiger partial charge < -0.3 is 38.2 Å². The quantitative estimate of drug-likeness (QED) is 0.0172. The van der Waals surface area contributed by atoms with Crippen LogP contribution < -0.4 is 38.2 Å². The van der Waals surface area contributed by atoms with Gasteiger partial charge in [0.25, 0.3) is 35.4 Å². The third kappa shape index (κ3) is 12.3. The van der Waals surface area contributed by atoms with Crippen LogP contribution in [0, 0.1) is 0 Å². The number of benzene rings is 13. The Morgan fingerprint density at radius 2 is 0.634 bits per heavy atom. The zero-order valence-corrected chi connectivity index (χ0v) is 60.4. The van der Waals surface area contributed by atoms with Crippen molar-refractivity contribution in [3.8, 4) is 57.5 Å². The number of carbonyl (C=O) groups excluding carboxylic acids is 8. The molecule has 0 N–H and O–H groups in total. The Bertz CT molecular complexity index is 5900. The number of anilines is 2. The van der Waals surface area contributed by atoms with E-state index in [9.17, 15) is 9.59 Å². The number of ether oxygens (including phenoxy) is 6. The van der Waals surface area contributed by atoms with Crippen LogP contribution >= 0.6 is 0 Å². The summed E-state index contributed by atoms with van der Waals surface area (Å²) in [6.45, 7) is 10.4. The standard InChI is InChI=1S/C92H62N6O14/c1-51(2)91(105)111-63-39-35-57(36-40-63)95(5)89(103)83(55-33-31-53-21-19-43-93-69(53)45-55)97-85(99)65-47-71(107-59-23-11-7-12-24-59)77-79-73(109-61-27-15-9-16-28-61)49-67-76-68(50-74(110-62-29-17-10-18-30-62)80(82(76)79)78-72(108-60-25-13-8-14-26-60)48-66(86(97)100)75(65)81(77)78)88(102)98(87(67)101)84(56-34-32-54-22-20-44-94-70(54)46-56)90(104)96(6)58-37-41-64(42-38-58)112-92(106)52(3)4/h7-50,83-84H,1,3H2,2,4-6H3. The summed E-state index contributed by atoms with van der Waals surface area (Å²) >= 11 is 0. The molecule has 20 nitrogen and oxygen atoms in total. The number of pyridine rings is 2. The molecule has 2 aromatic heterocycles. The highest BCUT2D eigenvalue weighted by Crippen LogP contribution is 2.59. The van der Waals surface area contributed by atoms with Crippen molar-refractivity contribution in [3.05, 3.63) is 325 Å². The highest BCUT2D eigenvalue weighted by atomic mass is 16.5. The average molecular weight is 1480 g/mol. The van der Waals surface area contributed by atoms with E-state index in [4.69, 9.17) is 28.4 Å². The van der Waals surface area contributed by atoms with Gasteiger partial charge in [-0.1, -0.05) is 122 Å². The Kier molecular flexibility index (Phi) is 17.6. The molecule has 0 spiro atoms. The van der Waals surface area contributed by atoms with Crippen molar-refractivity contribution in [2.45, 2.75) is 25.9 Å². The monoisotopic (exact) mass is 1470 g/mol. The summed E-state index contributed by atoms with van der Waals surface area (Å²) in [5.74, 6) is -4.87. The minimum Gasteiger partial charge on any atom is -0.457 e. The molecule has 112 heavy (non-hydrogen) atoms. The van der Waals surface area contributed by atoms with Crippen LogP contribution in [0.5, 0.6) is 57.5 Å². The molecule has 0 aliphatic carbocycles. The van der Waals surface area contributed by atoms with Gasteiger partial charge in [0.2, 0.25) is 0 Å². The average Bonchev–Trinajstić information content (AvgIpc) is 0.669. The summed E-state index contributed by atoms with van der Waals surface area (Å²) in [5.41, 5.74) is 1.97. The van der Waals surface area contributed by atoms with Gasteiger partial charge in [0, 0.05) is 103 Å². The molecule has 0 bridgehead atoms. The minimum absolute atomic E-state index is 0.00764. The fourth-order valence-corrected chi connectivity index (χ4v) is 14.6. The predicted molar refractivity (Wildman–Crippen MR) is 424 cm³/mol. The molecule has 0 saturated carbocycles. The molecule has 2 aliphatic heterocycles. The number of nitrogens with zero attached hydrogens (tertiary/aromatic N) is 6. The topological polar surface area (TPSA) is 231 Å². The van der Waals surface area contributed by atoms with E-state index >= 15 is 28.8 Å². The van der Waals surface area contributed by atoms with Crippen molar-refractivity contribution in [1.82, 2.24) is 19.8 Å². The van der Waals surface area contributed by atoms with Crippen molar-refractivity contribution in [2.24, 2.45) is 0 Å². The van der Waals surface area contributed by atoms with E-state index in [1.165, 1.54) is 86.3 Å². The van der Waals surface area contributed by atoms with Crippen LogP contribution in [0.4, 0.5) is 11.4 Å². The molecule has 2 atom stereocenters. The highest BCUT2D eigenvalue weighted by molar-refractivity contribution is 6.45. The van der Waals surface area contributed by atoms with Gasteiger partial charge in [-0.15, -0.1) is 0 Å². The van der Waals surface area contributed by atoms with E-state index in [1.807, 2.05) is 12.1 Å². The number of likely N-dealkylation sites (N-methyl/N-ethyl adjacent to an activating group) is 2. The largest absolute Gasteiger partial charge is 0.457 e. The van der Waals surface area contributed by atoms with Gasteiger partial charge in [-0.2, -0.15) is 0 Å². The van der Waals surface area contributed by atoms with E-state index < -0.39 is 59.5 Å². The molecule has 544 valence electrons. The lowest BCUT2D eigenvalue weighted by molar-refractivity contribution is -0.130. The molecule has 6 amide bonds. The second-order valence-electron chi connectivity index (χ2n) is 27.1. The Morgan fingerprint density at radius 1 is 0.339 bits per heavy atom.